The van der Waals surface area contributed by atoms with E-state index < -0.39 is 11.7 Å². The molecule has 3 rings (SSSR count). The van der Waals surface area contributed by atoms with Gasteiger partial charge in [0.2, 0.25) is 0 Å². The summed E-state index contributed by atoms with van der Waals surface area (Å²) in [6, 6.07) is 17.1. The van der Waals surface area contributed by atoms with Crippen LogP contribution >= 0.6 is 0 Å². The van der Waals surface area contributed by atoms with Crippen LogP contribution in [0.4, 0.5) is 13.2 Å². The van der Waals surface area contributed by atoms with Gasteiger partial charge < -0.3 is 0 Å². The van der Waals surface area contributed by atoms with E-state index in [0.29, 0.717) is 5.56 Å². The lowest BCUT2D eigenvalue weighted by Crippen LogP contribution is -2.06. The first-order valence-electron chi connectivity index (χ1n) is 6.66. The first-order chi connectivity index (χ1) is 10.4. The zero-order valence-corrected chi connectivity index (χ0v) is 11.4. The van der Waals surface area contributed by atoms with Crippen LogP contribution in [0.2, 0.25) is 0 Å². The molecule has 0 aliphatic carbocycles. The van der Waals surface area contributed by atoms with Gasteiger partial charge in [-0.3, -0.25) is 4.79 Å². The van der Waals surface area contributed by atoms with Gasteiger partial charge in [-0.05, 0) is 29.0 Å². The summed E-state index contributed by atoms with van der Waals surface area (Å²) >= 11 is 0. The highest BCUT2D eigenvalue weighted by Crippen LogP contribution is 2.29. The lowest BCUT2D eigenvalue weighted by Gasteiger charge is -2.07. The molecule has 0 aliphatic rings. The van der Waals surface area contributed by atoms with Crippen LogP contribution in [0.1, 0.15) is 21.5 Å². The van der Waals surface area contributed by atoms with Gasteiger partial charge in [0, 0.05) is 11.1 Å². The van der Waals surface area contributed by atoms with Crippen molar-refractivity contribution in [3.8, 4) is 0 Å². The molecule has 0 fully saturated rings. The third-order valence-corrected chi connectivity index (χ3v) is 3.49. The quantitative estimate of drug-likeness (QED) is 0.602. The first-order valence-corrected chi connectivity index (χ1v) is 6.66. The Labute approximate surface area is 125 Å². The molecule has 0 amide bonds. The second kappa shape index (κ2) is 5.30. The molecule has 0 bridgehead atoms. The second-order valence-electron chi connectivity index (χ2n) is 4.97. The molecule has 3 aromatic rings. The first kappa shape index (κ1) is 14.3. The summed E-state index contributed by atoms with van der Waals surface area (Å²) < 4.78 is 37.6. The van der Waals surface area contributed by atoms with Gasteiger partial charge in [-0.2, -0.15) is 13.2 Å². The summed E-state index contributed by atoms with van der Waals surface area (Å²) in [4.78, 5) is 12.4. The maximum Gasteiger partial charge on any atom is 0.416 e. The molecule has 0 radical (unpaired) electrons. The van der Waals surface area contributed by atoms with Gasteiger partial charge in [-0.15, -0.1) is 0 Å². The molecule has 4 heteroatoms. The van der Waals surface area contributed by atoms with Crippen LogP contribution in [0, 0.1) is 0 Å². The molecule has 0 unspecified atom stereocenters. The third kappa shape index (κ3) is 2.72. The van der Waals surface area contributed by atoms with Crippen LogP contribution in [-0.4, -0.2) is 5.78 Å². The van der Waals surface area contributed by atoms with E-state index in [1.165, 1.54) is 12.1 Å². The molecule has 0 aliphatic heterocycles. The monoisotopic (exact) mass is 300 g/mol. The molecule has 22 heavy (non-hydrogen) atoms. The van der Waals surface area contributed by atoms with Crippen molar-refractivity contribution in [2.75, 3.05) is 0 Å². The van der Waals surface area contributed by atoms with Crippen LogP contribution in [0.25, 0.3) is 10.8 Å². The van der Waals surface area contributed by atoms with Crippen molar-refractivity contribution >= 4 is 16.6 Å². The summed E-state index contributed by atoms with van der Waals surface area (Å²) in [5.41, 5.74) is -0.0655. The van der Waals surface area contributed by atoms with Crippen molar-refractivity contribution in [1.29, 1.82) is 0 Å². The Hall–Kier alpha value is -2.62. The van der Waals surface area contributed by atoms with Gasteiger partial charge in [0.15, 0.2) is 5.78 Å². The Balaban J connectivity index is 1.95. The van der Waals surface area contributed by atoms with E-state index in [2.05, 4.69) is 0 Å². The highest BCUT2D eigenvalue weighted by Gasteiger charge is 2.30. The normalized spacial score (nSPS) is 11.6. The lowest BCUT2D eigenvalue weighted by atomic mass is 9.99. The number of hydrogen-bond donors (Lipinski definition) is 0. The molecular formula is C18H11F3O. The summed E-state index contributed by atoms with van der Waals surface area (Å²) in [5.74, 6) is -0.292. The van der Waals surface area contributed by atoms with E-state index in [-0.39, 0.29) is 11.3 Å². The number of carbonyl (C=O) groups is 1. The number of hydrogen-bond acceptors (Lipinski definition) is 1. The number of halogens is 3. The predicted molar refractivity (Wildman–Crippen MR) is 78.8 cm³/mol. The predicted octanol–water partition coefficient (Wildman–Crippen LogP) is 5.09. The van der Waals surface area contributed by atoms with E-state index in [9.17, 15) is 18.0 Å². The number of carbonyl (C=O) groups excluding carboxylic acids is 1. The third-order valence-electron chi connectivity index (χ3n) is 3.49. The van der Waals surface area contributed by atoms with Crippen LogP contribution < -0.4 is 0 Å². The van der Waals surface area contributed by atoms with E-state index in [1.54, 1.807) is 12.1 Å². The maximum atomic E-state index is 12.5. The fourth-order valence-electron chi connectivity index (χ4n) is 2.31. The van der Waals surface area contributed by atoms with E-state index in [4.69, 9.17) is 0 Å². The van der Waals surface area contributed by atoms with E-state index in [1.807, 2.05) is 30.3 Å². The molecule has 3 aromatic carbocycles. The average Bonchev–Trinajstić information content (AvgIpc) is 2.53. The Morgan fingerprint density at radius 2 is 1.32 bits per heavy atom. The molecule has 0 saturated carbocycles. The van der Waals surface area contributed by atoms with Gasteiger partial charge in [-0.1, -0.05) is 48.5 Å². The SMILES string of the molecule is O=C(c1ccc(C(F)(F)F)cc1)c1ccc2ccccc2c1. The van der Waals surface area contributed by atoms with Crippen molar-refractivity contribution in [2.24, 2.45) is 0 Å². The molecule has 110 valence electrons. The number of benzene rings is 3. The smallest absolute Gasteiger partial charge is 0.289 e. The zero-order chi connectivity index (χ0) is 15.7. The Kier molecular flexibility index (Phi) is 3.45. The van der Waals surface area contributed by atoms with Crippen molar-refractivity contribution < 1.29 is 18.0 Å². The maximum absolute atomic E-state index is 12.5. The topological polar surface area (TPSA) is 17.1 Å². The number of ketones is 1. The number of alkyl halides is 3. The Bertz CT molecular complexity index is 833. The van der Waals surface area contributed by atoms with Crippen molar-refractivity contribution in [2.45, 2.75) is 6.18 Å². The molecule has 0 saturated heterocycles. The van der Waals surface area contributed by atoms with Crippen molar-refractivity contribution in [3.63, 3.8) is 0 Å². The largest absolute Gasteiger partial charge is 0.416 e. The van der Waals surface area contributed by atoms with E-state index in [0.717, 1.165) is 22.9 Å². The van der Waals surface area contributed by atoms with E-state index >= 15 is 0 Å². The van der Waals surface area contributed by atoms with Crippen LogP contribution in [0.5, 0.6) is 0 Å². The minimum absolute atomic E-state index is 0.239. The molecule has 0 spiro atoms. The molecule has 0 heterocycles. The lowest BCUT2D eigenvalue weighted by molar-refractivity contribution is -0.137. The van der Waals surface area contributed by atoms with Crippen LogP contribution in [-0.2, 0) is 6.18 Å². The summed E-state index contributed by atoms with van der Waals surface area (Å²) in [5, 5.41) is 1.92. The number of fused-ring (bicyclic) bond motifs is 1. The highest BCUT2D eigenvalue weighted by atomic mass is 19.4. The van der Waals surface area contributed by atoms with Crippen LogP contribution in [0.3, 0.4) is 0 Å². The summed E-state index contributed by atoms with van der Waals surface area (Å²) in [6.07, 6.45) is -4.40. The fraction of sp³-hybridized carbons (Fsp3) is 0.0556. The van der Waals surface area contributed by atoms with Crippen molar-refractivity contribution in [1.82, 2.24) is 0 Å². The molecule has 0 N–H and O–H groups in total. The summed E-state index contributed by atoms with van der Waals surface area (Å²) in [7, 11) is 0. The minimum Gasteiger partial charge on any atom is -0.289 e. The highest BCUT2D eigenvalue weighted by molar-refractivity contribution is 6.10. The van der Waals surface area contributed by atoms with Gasteiger partial charge >= 0.3 is 6.18 Å². The van der Waals surface area contributed by atoms with Gasteiger partial charge in [0.05, 0.1) is 5.56 Å². The molecule has 0 atom stereocenters. The molecular weight excluding hydrogens is 289 g/mol. The minimum atomic E-state index is -4.40. The van der Waals surface area contributed by atoms with Crippen LogP contribution in [0.15, 0.2) is 66.7 Å². The Morgan fingerprint density at radius 3 is 1.95 bits per heavy atom. The zero-order valence-electron chi connectivity index (χ0n) is 11.4. The van der Waals surface area contributed by atoms with Gasteiger partial charge in [0.25, 0.3) is 0 Å². The van der Waals surface area contributed by atoms with Gasteiger partial charge in [0.1, 0.15) is 0 Å². The molecule has 0 aromatic heterocycles. The average molecular weight is 300 g/mol. The Morgan fingerprint density at radius 1 is 0.727 bits per heavy atom. The van der Waals surface area contributed by atoms with Crippen molar-refractivity contribution in [3.05, 3.63) is 83.4 Å². The second-order valence-corrected chi connectivity index (χ2v) is 4.97. The fourth-order valence-corrected chi connectivity index (χ4v) is 2.31. The summed E-state index contributed by atoms with van der Waals surface area (Å²) in [6.45, 7) is 0. The number of rotatable bonds is 2. The van der Waals surface area contributed by atoms with Gasteiger partial charge in [-0.25, -0.2) is 0 Å². The standard InChI is InChI=1S/C18H11F3O/c19-18(20,21)16-9-7-13(8-10-16)17(22)15-6-5-12-3-1-2-4-14(12)11-15/h1-11H. The molecule has 1 nitrogen and oxygen atoms in total.